The summed E-state index contributed by atoms with van der Waals surface area (Å²) in [4.78, 5) is 11.8. The van der Waals surface area contributed by atoms with E-state index in [-0.39, 0.29) is 11.9 Å². The number of benzene rings is 1. The van der Waals surface area contributed by atoms with E-state index in [2.05, 4.69) is 22.8 Å². The second-order valence-corrected chi connectivity index (χ2v) is 5.03. The van der Waals surface area contributed by atoms with E-state index in [1.807, 2.05) is 18.2 Å². The minimum absolute atomic E-state index is 0.0817. The van der Waals surface area contributed by atoms with Crippen molar-refractivity contribution < 1.29 is 4.79 Å². The summed E-state index contributed by atoms with van der Waals surface area (Å²) in [6.45, 7) is 0.385. The van der Waals surface area contributed by atoms with Crippen LogP contribution in [-0.2, 0) is 4.79 Å². The van der Waals surface area contributed by atoms with Crippen molar-refractivity contribution in [2.24, 2.45) is 5.92 Å². The Balaban J connectivity index is 2.10. The molecule has 1 aliphatic rings. The van der Waals surface area contributed by atoms with Gasteiger partial charge in [-0.1, -0.05) is 43.2 Å². The topological polar surface area (TPSA) is 41.1 Å². The molecule has 1 unspecified atom stereocenters. The molecule has 0 saturated heterocycles. The zero-order valence-corrected chi connectivity index (χ0v) is 11.0. The number of likely N-dealkylation sites (N-methyl/N-ethyl adjacent to an activating group) is 1. The molecule has 1 atom stereocenters. The van der Waals surface area contributed by atoms with E-state index in [9.17, 15) is 4.79 Å². The normalized spacial score (nSPS) is 17.6. The standard InChI is InChI=1S/C15H22N2O/c1-16-11-14(18)17-15(13-9-5-6-10-13)12-7-3-2-4-8-12/h2-4,7-8,13,15-16H,5-6,9-11H2,1H3,(H,17,18). The summed E-state index contributed by atoms with van der Waals surface area (Å²) >= 11 is 0. The molecule has 0 radical (unpaired) electrons. The molecule has 1 saturated carbocycles. The van der Waals surface area contributed by atoms with Crippen LogP contribution in [0, 0.1) is 5.92 Å². The first-order valence-corrected chi connectivity index (χ1v) is 6.80. The molecule has 2 rings (SSSR count). The van der Waals surface area contributed by atoms with E-state index in [1.54, 1.807) is 7.05 Å². The van der Waals surface area contributed by atoms with Crippen molar-refractivity contribution >= 4 is 5.91 Å². The minimum atomic E-state index is 0.0817. The van der Waals surface area contributed by atoms with Gasteiger partial charge in [-0.15, -0.1) is 0 Å². The first-order chi connectivity index (χ1) is 8.81. The summed E-state index contributed by atoms with van der Waals surface area (Å²) in [5.74, 6) is 0.673. The Bertz CT molecular complexity index is 371. The molecule has 2 N–H and O–H groups in total. The fourth-order valence-electron chi connectivity index (χ4n) is 2.81. The van der Waals surface area contributed by atoms with Crippen LogP contribution in [0.15, 0.2) is 30.3 Å². The van der Waals surface area contributed by atoms with Gasteiger partial charge in [0.2, 0.25) is 5.91 Å². The quantitative estimate of drug-likeness (QED) is 0.836. The summed E-state index contributed by atoms with van der Waals surface area (Å²) < 4.78 is 0. The second-order valence-electron chi connectivity index (χ2n) is 5.03. The first-order valence-electron chi connectivity index (χ1n) is 6.80. The van der Waals surface area contributed by atoms with E-state index >= 15 is 0 Å². The van der Waals surface area contributed by atoms with Crippen LogP contribution >= 0.6 is 0 Å². The highest BCUT2D eigenvalue weighted by molar-refractivity contribution is 5.78. The van der Waals surface area contributed by atoms with E-state index in [4.69, 9.17) is 0 Å². The summed E-state index contributed by atoms with van der Waals surface area (Å²) in [5.41, 5.74) is 1.23. The predicted molar refractivity (Wildman–Crippen MR) is 73.2 cm³/mol. The van der Waals surface area contributed by atoms with Gasteiger partial charge in [0.1, 0.15) is 0 Å². The Labute approximate surface area is 109 Å². The van der Waals surface area contributed by atoms with E-state index < -0.39 is 0 Å². The van der Waals surface area contributed by atoms with Gasteiger partial charge in [0.25, 0.3) is 0 Å². The van der Waals surface area contributed by atoms with Crippen molar-refractivity contribution in [2.45, 2.75) is 31.7 Å². The lowest BCUT2D eigenvalue weighted by Gasteiger charge is -2.25. The lowest BCUT2D eigenvalue weighted by atomic mass is 9.91. The summed E-state index contributed by atoms with van der Waals surface area (Å²) in [5, 5.41) is 6.08. The fourth-order valence-corrected chi connectivity index (χ4v) is 2.81. The monoisotopic (exact) mass is 246 g/mol. The second kappa shape index (κ2) is 6.55. The summed E-state index contributed by atoms with van der Waals surface area (Å²) in [6, 6.07) is 10.5. The smallest absolute Gasteiger partial charge is 0.234 e. The summed E-state index contributed by atoms with van der Waals surface area (Å²) in [6.07, 6.45) is 5.02. The minimum Gasteiger partial charge on any atom is -0.348 e. The molecule has 3 nitrogen and oxygen atoms in total. The lowest BCUT2D eigenvalue weighted by molar-refractivity contribution is -0.121. The Kier molecular flexibility index (Phi) is 4.76. The SMILES string of the molecule is CNCC(=O)NC(c1ccccc1)C1CCCC1. The molecule has 3 heteroatoms. The zero-order valence-electron chi connectivity index (χ0n) is 11.0. The van der Waals surface area contributed by atoms with Crippen molar-refractivity contribution in [1.82, 2.24) is 10.6 Å². The number of hydrogen-bond acceptors (Lipinski definition) is 2. The van der Waals surface area contributed by atoms with Gasteiger partial charge in [-0.3, -0.25) is 4.79 Å². The van der Waals surface area contributed by atoms with E-state index in [0.717, 1.165) is 0 Å². The zero-order chi connectivity index (χ0) is 12.8. The van der Waals surface area contributed by atoms with Gasteiger partial charge >= 0.3 is 0 Å². The van der Waals surface area contributed by atoms with Crippen molar-refractivity contribution in [3.05, 3.63) is 35.9 Å². The molecule has 0 bridgehead atoms. The van der Waals surface area contributed by atoms with Crippen molar-refractivity contribution in [3.63, 3.8) is 0 Å². The average molecular weight is 246 g/mol. The molecule has 1 aromatic carbocycles. The number of carbonyl (C=O) groups is 1. The molecular formula is C15H22N2O. The highest BCUT2D eigenvalue weighted by Gasteiger charge is 2.27. The Morgan fingerprint density at radius 2 is 1.94 bits per heavy atom. The molecule has 0 spiro atoms. The van der Waals surface area contributed by atoms with Gasteiger partial charge in [-0.2, -0.15) is 0 Å². The van der Waals surface area contributed by atoms with Crippen molar-refractivity contribution in [1.29, 1.82) is 0 Å². The molecule has 1 amide bonds. The number of nitrogens with one attached hydrogen (secondary N) is 2. The third kappa shape index (κ3) is 3.33. The van der Waals surface area contributed by atoms with Crippen LogP contribution in [0.3, 0.4) is 0 Å². The van der Waals surface area contributed by atoms with Crippen LogP contribution in [-0.4, -0.2) is 19.5 Å². The lowest BCUT2D eigenvalue weighted by Crippen LogP contribution is -2.37. The van der Waals surface area contributed by atoms with Gasteiger partial charge < -0.3 is 10.6 Å². The average Bonchev–Trinajstić information content (AvgIpc) is 2.91. The molecule has 1 aromatic rings. The maximum atomic E-state index is 11.8. The van der Waals surface area contributed by atoms with Gasteiger partial charge in [-0.25, -0.2) is 0 Å². The molecule has 18 heavy (non-hydrogen) atoms. The number of rotatable bonds is 5. The maximum absolute atomic E-state index is 11.8. The Morgan fingerprint density at radius 3 is 2.56 bits per heavy atom. The Morgan fingerprint density at radius 1 is 1.28 bits per heavy atom. The van der Waals surface area contributed by atoms with E-state index in [0.29, 0.717) is 12.5 Å². The van der Waals surface area contributed by atoms with Crippen LogP contribution in [0.2, 0.25) is 0 Å². The molecule has 1 fully saturated rings. The van der Waals surface area contributed by atoms with Crippen LogP contribution in [0.4, 0.5) is 0 Å². The first kappa shape index (κ1) is 13.1. The van der Waals surface area contributed by atoms with Gasteiger partial charge in [-0.05, 0) is 31.4 Å². The summed E-state index contributed by atoms with van der Waals surface area (Å²) in [7, 11) is 1.80. The Hall–Kier alpha value is -1.35. The fraction of sp³-hybridized carbons (Fsp3) is 0.533. The van der Waals surface area contributed by atoms with Crippen LogP contribution < -0.4 is 10.6 Å². The van der Waals surface area contributed by atoms with Crippen LogP contribution in [0.1, 0.15) is 37.3 Å². The van der Waals surface area contributed by atoms with Gasteiger partial charge in [0.05, 0.1) is 12.6 Å². The van der Waals surface area contributed by atoms with Crippen LogP contribution in [0.25, 0.3) is 0 Å². The predicted octanol–water partition coefficient (Wildman–Crippen LogP) is 2.25. The molecule has 98 valence electrons. The largest absolute Gasteiger partial charge is 0.348 e. The molecule has 0 aromatic heterocycles. The molecule has 0 heterocycles. The number of amides is 1. The third-order valence-corrected chi connectivity index (χ3v) is 3.68. The van der Waals surface area contributed by atoms with Crippen molar-refractivity contribution in [2.75, 3.05) is 13.6 Å². The van der Waals surface area contributed by atoms with Crippen molar-refractivity contribution in [3.8, 4) is 0 Å². The molecule has 0 aliphatic heterocycles. The number of carbonyl (C=O) groups excluding carboxylic acids is 1. The van der Waals surface area contributed by atoms with Gasteiger partial charge in [0.15, 0.2) is 0 Å². The third-order valence-electron chi connectivity index (χ3n) is 3.68. The van der Waals surface area contributed by atoms with E-state index in [1.165, 1.54) is 31.2 Å². The van der Waals surface area contributed by atoms with Gasteiger partial charge in [0, 0.05) is 0 Å². The highest BCUT2D eigenvalue weighted by atomic mass is 16.1. The van der Waals surface area contributed by atoms with Crippen LogP contribution in [0.5, 0.6) is 0 Å². The number of hydrogen-bond donors (Lipinski definition) is 2. The highest BCUT2D eigenvalue weighted by Crippen LogP contribution is 2.35. The maximum Gasteiger partial charge on any atom is 0.234 e. The molecule has 1 aliphatic carbocycles. The molecular weight excluding hydrogens is 224 g/mol.